The topological polar surface area (TPSA) is 69.9 Å². The molecule has 0 aromatic carbocycles. The van der Waals surface area contributed by atoms with Crippen molar-refractivity contribution in [1.82, 2.24) is 19.7 Å². The van der Waals surface area contributed by atoms with Gasteiger partial charge in [0, 0.05) is 30.1 Å². The smallest absolute Gasteiger partial charge is 0.267 e. The Hall–Kier alpha value is -2.73. The van der Waals surface area contributed by atoms with Gasteiger partial charge in [0.05, 0.1) is 18.4 Å². The van der Waals surface area contributed by atoms with E-state index < -0.39 is 11.9 Å². The first-order valence-electron chi connectivity index (χ1n) is 7.21. The maximum absolute atomic E-state index is 13.2. The molecule has 3 heterocycles. The van der Waals surface area contributed by atoms with Crippen LogP contribution in [0.5, 0.6) is 5.88 Å². The maximum atomic E-state index is 13.2. The summed E-state index contributed by atoms with van der Waals surface area (Å²) >= 11 is 0. The van der Waals surface area contributed by atoms with Crippen LogP contribution in [0.25, 0.3) is 11.3 Å². The molecule has 0 aliphatic heterocycles. The first kappa shape index (κ1) is 17.1. The Morgan fingerprint density at radius 3 is 2.72 bits per heavy atom. The number of pyridine rings is 2. The molecule has 3 aromatic rings. The predicted octanol–water partition coefficient (Wildman–Crippen LogP) is 2.39. The van der Waals surface area contributed by atoms with Crippen molar-refractivity contribution in [3.63, 3.8) is 0 Å². The van der Waals surface area contributed by atoms with Crippen LogP contribution in [0.4, 0.5) is 8.78 Å². The highest BCUT2D eigenvalue weighted by molar-refractivity contribution is 7.16. The average Bonchev–Trinajstić information content (AvgIpc) is 2.57. The molecule has 128 valence electrons. The van der Waals surface area contributed by atoms with Crippen molar-refractivity contribution in [1.29, 1.82) is 0 Å². The number of alkyl halides is 1. The Labute approximate surface area is 143 Å². The van der Waals surface area contributed by atoms with Crippen molar-refractivity contribution >= 4 is 9.24 Å². The van der Waals surface area contributed by atoms with Crippen molar-refractivity contribution < 1.29 is 13.5 Å². The molecule has 9 heteroatoms. The van der Waals surface area contributed by atoms with Crippen molar-refractivity contribution in [3.05, 3.63) is 70.7 Å². The normalized spacial score (nSPS) is 12.0. The standard InChI is InChI=1S/C16H13F2N4O2P/c17-12-5-10(6-19-8-12)9-22-15(23)4-2-13(21-22)11-1-3-14(20-7-11)24-16(18)25/h1-8,16H,9,25H2. The molecule has 0 saturated carbocycles. The number of aromatic nitrogens is 4. The lowest BCUT2D eigenvalue weighted by Gasteiger charge is -2.08. The largest absolute Gasteiger partial charge is 0.440 e. The molecule has 0 aliphatic carbocycles. The van der Waals surface area contributed by atoms with Gasteiger partial charge >= 0.3 is 0 Å². The molecule has 0 radical (unpaired) electrons. The van der Waals surface area contributed by atoms with Crippen LogP contribution in [0, 0.1) is 5.82 Å². The van der Waals surface area contributed by atoms with E-state index in [1.54, 1.807) is 12.1 Å². The van der Waals surface area contributed by atoms with Crippen LogP contribution >= 0.6 is 9.24 Å². The molecule has 3 aromatic heterocycles. The van der Waals surface area contributed by atoms with E-state index in [9.17, 15) is 13.6 Å². The molecule has 6 nitrogen and oxygen atoms in total. The van der Waals surface area contributed by atoms with Gasteiger partial charge in [0.15, 0.2) is 0 Å². The van der Waals surface area contributed by atoms with Crippen LogP contribution in [0.15, 0.2) is 53.7 Å². The number of hydrogen-bond acceptors (Lipinski definition) is 5. The van der Waals surface area contributed by atoms with E-state index in [-0.39, 0.29) is 18.0 Å². The minimum Gasteiger partial charge on any atom is -0.440 e. The summed E-state index contributed by atoms with van der Waals surface area (Å²) < 4.78 is 32.0. The third kappa shape index (κ3) is 4.42. The summed E-state index contributed by atoms with van der Waals surface area (Å²) in [5.41, 5.74) is 1.30. The Kier molecular flexibility index (Phi) is 5.09. The first-order valence-corrected chi connectivity index (χ1v) is 7.88. The van der Waals surface area contributed by atoms with Gasteiger partial charge in [0.1, 0.15) is 5.82 Å². The van der Waals surface area contributed by atoms with Gasteiger partial charge in [0.25, 0.3) is 11.7 Å². The zero-order valence-electron chi connectivity index (χ0n) is 12.8. The fraction of sp³-hybridized carbons (Fsp3) is 0.125. The number of rotatable bonds is 5. The summed E-state index contributed by atoms with van der Waals surface area (Å²) in [6.07, 6.45) is 2.47. The minimum absolute atomic E-state index is 0.0860. The highest BCUT2D eigenvalue weighted by Crippen LogP contribution is 2.19. The van der Waals surface area contributed by atoms with Gasteiger partial charge in [0.2, 0.25) is 5.88 Å². The average molecular weight is 362 g/mol. The van der Waals surface area contributed by atoms with Gasteiger partial charge in [-0.1, -0.05) is 9.24 Å². The lowest BCUT2D eigenvalue weighted by molar-refractivity contribution is 0.147. The van der Waals surface area contributed by atoms with Gasteiger partial charge in [-0.05, 0) is 23.8 Å². The Morgan fingerprint density at radius 2 is 2.04 bits per heavy atom. The summed E-state index contributed by atoms with van der Waals surface area (Å²) in [5.74, 6) is -0.354. The van der Waals surface area contributed by atoms with Gasteiger partial charge in [-0.25, -0.2) is 14.1 Å². The Balaban J connectivity index is 1.87. The van der Waals surface area contributed by atoms with Crippen LogP contribution in [0.1, 0.15) is 5.56 Å². The molecule has 2 unspecified atom stereocenters. The van der Waals surface area contributed by atoms with E-state index in [4.69, 9.17) is 4.74 Å². The SMILES string of the molecule is O=c1ccc(-c2ccc(OC(F)P)nc2)nn1Cc1cncc(F)c1. The highest BCUT2D eigenvalue weighted by Gasteiger charge is 2.07. The third-order valence-corrected chi connectivity index (χ3v) is 3.36. The van der Waals surface area contributed by atoms with Crippen molar-refractivity contribution in [2.75, 3.05) is 0 Å². The molecule has 0 saturated heterocycles. The molecular weight excluding hydrogens is 349 g/mol. The van der Waals surface area contributed by atoms with Gasteiger partial charge in [-0.15, -0.1) is 0 Å². The van der Waals surface area contributed by atoms with Gasteiger partial charge < -0.3 is 4.74 Å². The second kappa shape index (κ2) is 7.44. The Bertz CT molecular complexity index is 932. The van der Waals surface area contributed by atoms with E-state index in [2.05, 4.69) is 15.1 Å². The summed E-state index contributed by atoms with van der Waals surface area (Å²) in [6.45, 7) is 0.0860. The zero-order chi connectivity index (χ0) is 17.8. The van der Waals surface area contributed by atoms with Crippen LogP contribution in [0.3, 0.4) is 0 Å². The molecule has 0 spiro atoms. The second-order valence-corrected chi connectivity index (χ2v) is 5.60. The molecule has 0 N–H and O–H groups in total. The van der Waals surface area contributed by atoms with Crippen LogP contribution in [-0.4, -0.2) is 25.8 Å². The first-order chi connectivity index (χ1) is 12.0. The lowest BCUT2D eigenvalue weighted by atomic mass is 10.2. The quantitative estimate of drug-likeness (QED) is 0.652. The molecule has 0 aliphatic rings. The highest BCUT2D eigenvalue weighted by atomic mass is 31.0. The summed E-state index contributed by atoms with van der Waals surface area (Å²) in [7, 11) is 1.86. The summed E-state index contributed by atoms with van der Waals surface area (Å²) in [5, 5.41) is 4.25. The fourth-order valence-corrected chi connectivity index (χ4v) is 2.29. The number of nitrogens with zero attached hydrogens (tertiary/aromatic N) is 4. The molecule has 2 atom stereocenters. The zero-order valence-corrected chi connectivity index (χ0v) is 14.0. The van der Waals surface area contributed by atoms with Crippen molar-refractivity contribution in [3.8, 4) is 17.1 Å². The van der Waals surface area contributed by atoms with Gasteiger partial charge in [-0.3, -0.25) is 9.78 Å². The maximum Gasteiger partial charge on any atom is 0.267 e. The molecule has 3 rings (SSSR count). The number of halogens is 2. The minimum atomic E-state index is -1.54. The molecule has 0 amide bonds. The molecule has 0 bridgehead atoms. The van der Waals surface area contributed by atoms with Crippen LogP contribution in [0.2, 0.25) is 0 Å². The number of hydrogen-bond donors (Lipinski definition) is 0. The molecular formula is C16H13F2N4O2P. The van der Waals surface area contributed by atoms with Gasteiger partial charge in [-0.2, -0.15) is 9.49 Å². The molecule has 0 fully saturated rings. The monoisotopic (exact) mass is 362 g/mol. The van der Waals surface area contributed by atoms with E-state index >= 15 is 0 Å². The van der Waals surface area contributed by atoms with E-state index in [1.807, 2.05) is 9.24 Å². The second-order valence-electron chi connectivity index (χ2n) is 5.08. The summed E-state index contributed by atoms with van der Waals surface area (Å²) in [6, 6.07) is 7.35. The number of ether oxygens (including phenoxy) is 1. The van der Waals surface area contributed by atoms with E-state index in [0.717, 1.165) is 6.20 Å². The fourth-order valence-electron chi connectivity index (χ4n) is 2.15. The van der Waals surface area contributed by atoms with E-state index in [0.29, 0.717) is 16.8 Å². The molecule has 25 heavy (non-hydrogen) atoms. The third-order valence-electron chi connectivity index (χ3n) is 3.23. The lowest BCUT2D eigenvalue weighted by Crippen LogP contribution is -2.23. The van der Waals surface area contributed by atoms with E-state index in [1.165, 1.54) is 35.3 Å². The van der Waals surface area contributed by atoms with Crippen molar-refractivity contribution in [2.24, 2.45) is 0 Å². The summed E-state index contributed by atoms with van der Waals surface area (Å²) in [4.78, 5) is 19.7. The Morgan fingerprint density at radius 1 is 1.20 bits per heavy atom. The van der Waals surface area contributed by atoms with Crippen LogP contribution in [-0.2, 0) is 6.54 Å². The van der Waals surface area contributed by atoms with Crippen molar-refractivity contribution in [2.45, 2.75) is 12.6 Å². The van der Waals surface area contributed by atoms with Crippen LogP contribution < -0.4 is 10.3 Å². The predicted molar refractivity (Wildman–Crippen MR) is 90.3 cm³/mol.